The van der Waals surface area contributed by atoms with E-state index in [4.69, 9.17) is 15.3 Å². The molecule has 1 aliphatic rings. The molecule has 1 aliphatic heterocycles. The lowest BCUT2D eigenvalue weighted by atomic mass is 9.99. The van der Waals surface area contributed by atoms with Gasteiger partial charge < -0.3 is 29.9 Å². The van der Waals surface area contributed by atoms with Crippen LogP contribution in [0.5, 0.6) is 0 Å². The average molecular weight is 208 g/mol. The minimum absolute atomic E-state index is 1.18. The number of carbonyl (C=O) groups is 1. The fraction of sp³-hybridized carbons (Fsp3) is 0.857. The van der Waals surface area contributed by atoms with Crippen molar-refractivity contribution >= 4 is 5.97 Å². The third-order valence-electron chi connectivity index (χ3n) is 2.08. The summed E-state index contributed by atoms with van der Waals surface area (Å²) >= 11 is 0. The highest BCUT2D eigenvalue weighted by Gasteiger charge is 2.47. The van der Waals surface area contributed by atoms with Gasteiger partial charge in [0.15, 0.2) is 12.4 Å². The number of methoxy groups -OCH3 is 1. The number of ether oxygens (including phenoxy) is 2. The molecule has 14 heavy (non-hydrogen) atoms. The van der Waals surface area contributed by atoms with Gasteiger partial charge in [-0.25, -0.2) is 4.79 Å². The number of aliphatic carboxylic acids is 1. The molecule has 7 heteroatoms. The van der Waals surface area contributed by atoms with Crippen molar-refractivity contribution in [2.45, 2.75) is 30.7 Å². The zero-order chi connectivity index (χ0) is 10.9. The second kappa shape index (κ2) is 4.20. The van der Waals surface area contributed by atoms with Crippen molar-refractivity contribution < 1.29 is 34.7 Å². The van der Waals surface area contributed by atoms with Crippen molar-refractivity contribution in [3.8, 4) is 0 Å². The van der Waals surface area contributed by atoms with Crippen LogP contribution < -0.4 is 0 Å². The Balaban J connectivity index is 2.82. The van der Waals surface area contributed by atoms with Crippen LogP contribution in [0.1, 0.15) is 0 Å². The predicted octanol–water partition coefficient (Wildman–Crippen LogP) is -2.47. The Labute approximate surface area is 79.5 Å². The molecule has 0 amide bonds. The molecule has 1 saturated heterocycles. The summed E-state index contributed by atoms with van der Waals surface area (Å²) in [4.78, 5) is 10.6. The Morgan fingerprint density at radius 1 is 1.29 bits per heavy atom. The fourth-order valence-electron chi connectivity index (χ4n) is 1.31. The maximum absolute atomic E-state index is 10.6. The van der Waals surface area contributed by atoms with Crippen LogP contribution in [0.3, 0.4) is 0 Å². The number of hydrogen-bond donors (Lipinski definition) is 4. The van der Waals surface area contributed by atoms with Gasteiger partial charge in [0.05, 0.1) is 0 Å². The van der Waals surface area contributed by atoms with Gasteiger partial charge in [0.2, 0.25) is 0 Å². The topological polar surface area (TPSA) is 116 Å². The Morgan fingerprint density at radius 3 is 2.29 bits per heavy atom. The Hall–Kier alpha value is -0.730. The van der Waals surface area contributed by atoms with E-state index < -0.39 is 36.7 Å². The predicted molar refractivity (Wildman–Crippen MR) is 41.3 cm³/mol. The van der Waals surface area contributed by atoms with Crippen molar-refractivity contribution in [2.24, 2.45) is 0 Å². The number of aliphatic hydroxyl groups is 3. The normalized spacial score (nSPS) is 43.6. The summed E-state index contributed by atoms with van der Waals surface area (Å²) in [5, 5.41) is 36.2. The van der Waals surface area contributed by atoms with Crippen LogP contribution in [-0.4, -0.2) is 64.2 Å². The molecule has 1 fully saturated rings. The van der Waals surface area contributed by atoms with E-state index in [1.807, 2.05) is 0 Å². The van der Waals surface area contributed by atoms with Gasteiger partial charge in [-0.1, -0.05) is 0 Å². The second-order valence-electron chi connectivity index (χ2n) is 2.97. The van der Waals surface area contributed by atoms with Gasteiger partial charge in [-0.2, -0.15) is 0 Å². The van der Waals surface area contributed by atoms with Crippen LogP contribution in [-0.2, 0) is 14.3 Å². The molecule has 0 saturated carbocycles. The Morgan fingerprint density at radius 2 is 1.86 bits per heavy atom. The van der Waals surface area contributed by atoms with Crippen molar-refractivity contribution in [3.63, 3.8) is 0 Å². The van der Waals surface area contributed by atoms with Gasteiger partial charge >= 0.3 is 5.97 Å². The SMILES string of the molecule is CO[C@@H]1[C@H](O)[C@@H](O)[C@H](O)O[C@@H]1C(=O)O. The maximum atomic E-state index is 10.6. The number of carboxylic acids is 1. The number of hydrogen-bond acceptors (Lipinski definition) is 6. The molecule has 1 rings (SSSR count). The monoisotopic (exact) mass is 208 g/mol. The molecule has 0 unspecified atom stereocenters. The first-order valence-corrected chi connectivity index (χ1v) is 3.94. The van der Waals surface area contributed by atoms with Gasteiger partial charge in [-0.15, -0.1) is 0 Å². The minimum Gasteiger partial charge on any atom is -0.479 e. The first-order valence-electron chi connectivity index (χ1n) is 3.94. The van der Waals surface area contributed by atoms with Crippen LogP contribution in [0.15, 0.2) is 0 Å². The number of carboxylic acid groups (broad SMARTS) is 1. The van der Waals surface area contributed by atoms with E-state index in [1.165, 1.54) is 7.11 Å². The summed E-state index contributed by atoms with van der Waals surface area (Å²) in [5.41, 5.74) is 0. The quantitative estimate of drug-likeness (QED) is 0.397. The standard InChI is InChI=1S/C7H12O7/c1-13-4-2(8)3(9)7(12)14-5(4)6(10)11/h2-5,7-9,12H,1H3,(H,10,11)/t2-,3-,4-,5+,7-/m1/s1. The first kappa shape index (κ1) is 11.3. The summed E-state index contributed by atoms with van der Waals surface area (Å²) < 4.78 is 9.22. The van der Waals surface area contributed by atoms with Crippen molar-refractivity contribution in [1.29, 1.82) is 0 Å². The van der Waals surface area contributed by atoms with Gasteiger partial charge in [0.25, 0.3) is 0 Å². The third-order valence-corrected chi connectivity index (χ3v) is 2.08. The Kier molecular flexibility index (Phi) is 3.40. The molecule has 0 aliphatic carbocycles. The number of aliphatic hydroxyl groups excluding tert-OH is 3. The van der Waals surface area contributed by atoms with Crippen LogP contribution in [0.25, 0.3) is 0 Å². The molecule has 4 N–H and O–H groups in total. The lowest BCUT2D eigenvalue weighted by molar-refractivity contribution is -0.283. The molecule has 0 bridgehead atoms. The lowest BCUT2D eigenvalue weighted by Crippen LogP contribution is -2.60. The summed E-state index contributed by atoms with van der Waals surface area (Å²) in [5.74, 6) is -1.37. The molecule has 0 radical (unpaired) electrons. The summed E-state index contributed by atoms with van der Waals surface area (Å²) in [6, 6.07) is 0. The van der Waals surface area contributed by atoms with Crippen molar-refractivity contribution in [1.82, 2.24) is 0 Å². The van der Waals surface area contributed by atoms with E-state index in [2.05, 4.69) is 9.47 Å². The van der Waals surface area contributed by atoms with Crippen LogP contribution >= 0.6 is 0 Å². The highest BCUT2D eigenvalue weighted by Crippen LogP contribution is 2.21. The second-order valence-corrected chi connectivity index (χ2v) is 2.97. The van der Waals surface area contributed by atoms with Crippen molar-refractivity contribution in [3.05, 3.63) is 0 Å². The van der Waals surface area contributed by atoms with Crippen LogP contribution in [0.2, 0.25) is 0 Å². The summed E-state index contributed by atoms with van der Waals surface area (Å²) in [7, 11) is 1.18. The molecule has 5 atom stereocenters. The largest absolute Gasteiger partial charge is 0.479 e. The van der Waals surface area contributed by atoms with Crippen molar-refractivity contribution in [2.75, 3.05) is 7.11 Å². The summed E-state index contributed by atoms with van der Waals surface area (Å²) in [6.07, 6.45) is -7.49. The average Bonchev–Trinajstić information content (AvgIpc) is 2.13. The van der Waals surface area contributed by atoms with Gasteiger partial charge in [0.1, 0.15) is 18.3 Å². The van der Waals surface area contributed by atoms with E-state index in [0.29, 0.717) is 0 Å². The Bertz CT molecular complexity index is 218. The van der Waals surface area contributed by atoms with E-state index in [-0.39, 0.29) is 0 Å². The molecule has 0 aromatic rings. The molecule has 0 aromatic heterocycles. The fourth-order valence-corrected chi connectivity index (χ4v) is 1.31. The van der Waals surface area contributed by atoms with Gasteiger partial charge in [-0.3, -0.25) is 0 Å². The molecule has 0 aromatic carbocycles. The van der Waals surface area contributed by atoms with E-state index in [0.717, 1.165) is 0 Å². The maximum Gasteiger partial charge on any atom is 0.335 e. The highest BCUT2D eigenvalue weighted by molar-refractivity contribution is 5.73. The number of rotatable bonds is 2. The summed E-state index contributed by atoms with van der Waals surface area (Å²) in [6.45, 7) is 0. The molecular formula is C7H12O7. The van der Waals surface area contributed by atoms with Crippen LogP contribution in [0, 0.1) is 0 Å². The van der Waals surface area contributed by atoms with Gasteiger partial charge in [0, 0.05) is 7.11 Å². The lowest BCUT2D eigenvalue weighted by Gasteiger charge is -2.37. The molecule has 0 spiro atoms. The minimum atomic E-state index is -1.72. The molecule has 7 nitrogen and oxygen atoms in total. The van der Waals surface area contributed by atoms with Gasteiger partial charge in [-0.05, 0) is 0 Å². The van der Waals surface area contributed by atoms with Crippen LogP contribution in [0.4, 0.5) is 0 Å². The zero-order valence-electron chi connectivity index (χ0n) is 7.40. The highest BCUT2D eigenvalue weighted by atomic mass is 16.7. The third kappa shape index (κ3) is 1.86. The molecule has 82 valence electrons. The van der Waals surface area contributed by atoms with E-state index in [9.17, 15) is 9.90 Å². The smallest absolute Gasteiger partial charge is 0.335 e. The zero-order valence-corrected chi connectivity index (χ0v) is 7.40. The van der Waals surface area contributed by atoms with E-state index >= 15 is 0 Å². The van der Waals surface area contributed by atoms with E-state index in [1.54, 1.807) is 0 Å². The first-order chi connectivity index (χ1) is 6.49. The molecular weight excluding hydrogens is 196 g/mol. The molecule has 1 heterocycles.